The number of halogens is 1. The molecular weight excluding hydrogens is 305 g/mol. The monoisotopic (exact) mass is 315 g/mol. The molecule has 4 aromatic rings. The molecule has 0 N–H and O–H groups in total. The van der Waals surface area contributed by atoms with Crippen molar-refractivity contribution in [3.05, 3.63) is 72.3 Å². The third-order valence-electron chi connectivity index (χ3n) is 3.70. The van der Waals surface area contributed by atoms with Crippen molar-refractivity contribution >= 4 is 5.65 Å². The third kappa shape index (κ3) is 2.20. The first-order valence-corrected chi connectivity index (χ1v) is 7.23. The first-order chi connectivity index (χ1) is 11.8. The highest BCUT2D eigenvalue weighted by molar-refractivity contribution is 5.69. The van der Waals surface area contributed by atoms with Gasteiger partial charge in [-0.1, -0.05) is 12.1 Å². The molecule has 0 spiro atoms. The molecule has 0 aliphatic rings. The second-order valence-electron chi connectivity index (χ2n) is 5.13. The van der Waals surface area contributed by atoms with Crippen molar-refractivity contribution in [2.75, 3.05) is 0 Å². The quantitative estimate of drug-likeness (QED) is 0.568. The van der Waals surface area contributed by atoms with Gasteiger partial charge in [-0.25, -0.2) is 13.9 Å². The van der Waals surface area contributed by atoms with Crippen LogP contribution in [0.4, 0.5) is 4.39 Å². The van der Waals surface area contributed by atoms with E-state index in [-0.39, 0.29) is 5.82 Å². The summed E-state index contributed by atoms with van der Waals surface area (Å²) in [5.41, 5.74) is 2.70. The Bertz CT molecular complexity index is 1080. The molecule has 0 saturated carbocycles. The van der Waals surface area contributed by atoms with Gasteiger partial charge in [0.1, 0.15) is 11.9 Å². The van der Waals surface area contributed by atoms with E-state index < -0.39 is 5.82 Å². The summed E-state index contributed by atoms with van der Waals surface area (Å²) in [5.74, 6) is -0.163. The lowest BCUT2D eigenvalue weighted by molar-refractivity contribution is 0.630. The Hall–Kier alpha value is -3.59. The van der Waals surface area contributed by atoms with Crippen molar-refractivity contribution in [2.24, 2.45) is 0 Å². The fourth-order valence-electron chi connectivity index (χ4n) is 2.55. The minimum atomic E-state index is -0.405. The van der Waals surface area contributed by atoms with Crippen LogP contribution in [0.25, 0.3) is 28.3 Å². The highest BCUT2D eigenvalue weighted by atomic mass is 19.1. The summed E-state index contributed by atoms with van der Waals surface area (Å²) in [5, 5.41) is 13.7. The number of aromatic nitrogens is 4. The van der Waals surface area contributed by atoms with Crippen molar-refractivity contribution in [1.82, 2.24) is 19.6 Å². The number of hydrogen-bond donors (Lipinski definition) is 0. The molecule has 4 rings (SSSR count). The Balaban J connectivity index is 2.01. The molecule has 0 aliphatic heterocycles. The topological polar surface area (TPSA) is 66.9 Å². The summed E-state index contributed by atoms with van der Waals surface area (Å²) in [6, 6.07) is 15.6. The van der Waals surface area contributed by atoms with Crippen LogP contribution in [0.3, 0.4) is 0 Å². The van der Waals surface area contributed by atoms with Gasteiger partial charge >= 0.3 is 0 Å². The molecule has 0 saturated heterocycles. The molecule has 3 heterocycles. The van der Waals surface area contributed by atoms with Gasteiger partial charge in [-0.2, -0.15) is 5.26 Å². The molecule has 1 aromatic carbocycles. The number of benzene rings is 1. The van der Waals surface area contributed by atoms with E-state index in [0.717, 1.165) is 11.3 Å². The Morgan fingerprint density at radius 3 is 2.54 bits per heavy atom. The van der Waals surface area contributed by atoms with E-state index in [2.05, 4.69) is 21.1 Å². The second-order valence-corrected chi connectivity index (χ2v) is 5.13. The van der Waals surface area contributed by atoms with Crippen molar-refractivity contribution in [3.8, 4) is 28.7 Å². The summed E-state index contributed by atoms with van der Waals surface area (Å²) < 4.78 is 15.6. The average Bonchev–Trinajstić information content (AvgIpc) is 3.07. The number of pyridine rings is 2. The molecule has 0 unspecified atom stereocenters. The summed E-state index contributed by atoms with van der Waals surface area (Å²) in [4.78, 5) is 8.38. The van der Waals surface area contributed by atoms with Crippen molar-refractivity contribution in [2.45, 2.75) is 0 Å². The number of nitrogens with zero attached hydrogens (tertiary/aromatic N) is 5. The molecule has 3 aromatic heterocycles. The van der Waals surface area contributed by atoms with E-state index in [9.17, 15) is 9.65 Å². The number of fused-ring (bicyclic) bond motifs is 1. The zero-order valence-electron chi connectivity index (χ0n) is 12.4. The van der Waals surface area contributed by atoms with Crippen LogP contribution in [0, 0.1) is 17.1 Å². The van der Waals surface area contributed by atoms with Gasteiger partial charge in [-0.15, -0.1) is 5.10 Å². The van der Waals surface area contributed by atoms with Crippen LogP contribution in [-0.2, 0) is 0 Å². The van der Waals surface area contributed by atoms with E-state index >= 15 is 0 Å². The Kier molecular flexibility index (Phi) is 3.25. The van der Waals surface area contributed by atoms with Crippen LogP contribution >= 0.6 is 0 Å². The van der Waals surface area contributed by atoms with E-state index in [4.69, 9.17) is 0 Å². The number of hydrogen-bond acceptors (Lipinski definition) is 4. The first-order valence-electron chi connectivity index (χ1n) is 7.23. The van der Waals surface area contributed by atoms with Gasteiger partial charge in [0.15, 0.2) is 11.5 Å². The minimum absolute atomic E-state index is 0.242. The lowest BCUT2D eigenvalue weighted by Crippen LogP contribution is -1.96. The molecule has 0 fully saturated rings. The lowest BCUT2D eigenvalue weighted by atomic mass is 10.1. The molecule has 5 nitrogen and oxygen atoms in total. The number of nitriles is 1. The summed E-state index contributed by atoms with van der Waals surface area (Å²) in [7, 11) is 0. The van der Waals surface area contributed by atoms with E-state index in [1.54, 1.807) is 47.2 Å². The zero-order chi connectivity index (χ0) is 16.5. The maximum Gasteiger partial charge on any atom is 0.185 e. The van der Waals surface area contributed by atoms with Gasteiger partial charge in [-0.05, 0) is 36.4 Å². The highest BCUT2D eigenvalue weighted by Gasteiger charge is 2.16. The molecule has 114 valence electrons. The molecular formula is C18H10FN5. The van der Waals surface area contributed by atoms with Crippen molar-refractivity contribution in [3.63, 3.8) is 0 Å². The van der Waals surface area contributed by atoms with Crippen LogP contribution in [-0.4, -0.2) is 19.6 Å². The Morgan fingerprint density at radius 2 is 1.79 bits per heavy atom. The maximum absolute atomic E-state index is 14.0. The van der Waals surface area contributed by atoms with Crippen LogP contribution in [0.2, 0.25) is 0 Å². The fraction of sp³-hybridized carbons (Fsp3) is 0. The Morgan fingerprint density at radius 1 is 1.00 bits per heavy atom. The van der Waals surface area contributed by atoms with Gasteiger partial charge in [0.25, 0.3) is 0 Å². The molecule has 24 heavy (non-hydrogen) atoms. The molecule has 6 heteroatoms. The maximum atomic E-state index is 14.0. The molecule has 0 bridgehead atoms. The predicted molar refractivity (Wildman–Crippen MR) is 86.3 cm³/mol. The van der Waals surface area contributed by atoms with E-state index in [0.29, 0.717) is 16.8 Å². The number of rotatable bonds is 2. The SMILES string of the molecule is N#Cc1ccc(-c2ccncc2)n2nc(-c3ccccc3F)nc12. The van der Waals surface area contributed by atoms with E-state index in [1.807, 2.05) is 12.1 Å². The van der Waals surface area contributed by atoms with Crippen molar-refractivity contribution < 1.29 is 4.39 Å². The summed E-state index contributed by atoms with van der Waals surface area (Å²) >= 11 is 0. The molecule has 0 radical (unpaired) electrons. The van der Waals surface area contributed by atoms with Crippen LogP contribution < -0.4 is 0 Å². The summed E-state index contributed by atoms with van der Waals surface area (Å²) in [6.07, 6.45) is 3.35. The Labute approximate surface area is 136 Å². The predicted octanol–water partition coefficient (Wildman–Crippen LogP) is 3.47. The van der Waals surface area contributed by atoms with Gasteiger partial charge in [-0.3, -0.25) is 4.98 Å². The normalized spacial score (nSPS) is 10.7. The molecule has 0 atom stereocenters. The first kappa shape index (κ1) is 14.0. The van der Waals surface area contributed by atoms with Crippen LogP contribution in [0.5, 0.6) is 0 Å². The van der Waals surface area contributed by atoms with Crippen LogP contribution in [0.1, 0.15) is 5.56 Å². The fourth-order valence-corrected chi connectivity index (χ4v) is 2.55. The summed E-state index contributed by atoms with van der Waals surface area (Å²) in [6.45, 7) is 0. The van der Waals surface area contributed by atoms with Crippen LogP contribution in [0.15, 0.2) is 60.9 Å². The molecule has 0 amide bonds. The largest absolute Gasteiger partial charge is 0.265 e. The second kappa shape index (κ2) is 5.56. The lowest BCUT2D eigenvalue weighted by Gasteiger charge is -2.04. The minimum Gasteiger partial charge on any atom is -0.265 e. The van der Waals surface area contributed by atoms with E-state index in [1.165, 1.54) is 6.07 Å². The van der Waals surface area contributed by atoms with Crippen molar-refractivity contribution in [1.29, 1.82) is 5.26 Å². The molecule has 0 aliphatic carbocycles. The zero-order valence-corrected chi connectivity index (χ0v) is 12.4. The van der Waals surface area contributed by atoms with Gasteiger partial charge in [0, 0.05) is 18.0 Å². The van der Waals surface area contributed by atoms with Gasteiger partial charge in [0.05, 0.1) is 16.8 Å². The van der Waals surface area contributed by atoms with Gasteiger partial charge in [0.2, 0.25) is 0 Å². The third-order valence-corrected chi connectivity index (χ3v) is 3.70. The average molecular weight is 315 g/mol. The van der Waals surface area contributed by atoms with Gasteiger partial charge < -0.3 is 0 Å². The smallest absolute Gasteiger partial charge is 0.185 e. The standard InChI is InChI=1S/C18H10FN5/c19-15-4-2-1-3-14(15)17-22-18-13(11-20)5-6-16(24(18)23-17)12-7-9-21-10-8-12/h1-10H. The highest BCUT2D eigenvalue weighted by Crippen LogP contribution is 2.25.